The molecule has 1 aliphatic rings. The highest BCUT2D eigenvalue weighted by Crippen LogP contribution is 2.25. The summed E-state index contributed by atoms with van der Waals surface area (Å²) in [6, 6.07) is 0.794. The number of aromatic nitrogens is 2. The molecule has 0 aromatic carbocycles. The predicted molar refractivity (Wildman–Crippen MR) is 76.0 cm³/mol. The van der Waals surface area contributed by atoms with Crippen LogP contribution < -0.4 is 5.32 Å². The summed E-state index contributed by atoms with van der Waals surface area (Å²) >= 11 is 6.30. The molecule has 2 rings (SSSR count). The van der Waals surface area contributed by atoms with Crippen LogP contribution in [0.25, 0.3) is 0 Å². The van der Waals surface area contributed by atoms with Crippen molar-refractivity contribution in [3.8, 4) is 0 Å². The molecule has 0 spiro atoms. The van der Waals surface area contributed by atoms with Crippen LogP contribution in [-0.2, 0) is 13.5 Å². The van der Waals surface area contributed by atoms with E-state index in [9.17, 15) is 0 Å². The Kier molecular flexibility index (Phi) is 4.33. The van der Waals surface area contributed by atoms with Crippen molar-refractivity contribution in [2.45, 2.75) is 46.1 Å². The highest BCUT2D eigenvalue weighted by atomic mass is 35.5. The first-order valence-electron chi connectivity index (χ1n) is 6.90. The van der Waals surface area contributed by atoms with Crippen LogP contribution in [0.1, 0.15) is 38.1 Å². The van der Waals surface area contributed by atoms with Gasteiger partial charge in [-0.25, -0.2) is 0 Å². The van der Waals surface area contributed by atoms with Crippen molar-refractivity contribution < 1.29 is 0 Å². The van der Waals surface area contributed by atoms with Crippen molar-refractivity contribution in [1.29, 1.82) is 0 Å². The molecule has 0 radical (unpaired) electrons. The molecule has 1 aromatic rings. The molecule has 2 atom stereocenters. The Morgan fingerprint density at radius 2 is 2.06 bits per heavy atom. The lowest BCUT2D eigenvalue weighted by molar-refractivity contribution is 0.358. The molecule has 1 saturated carbocycles. The highest BCUT2D eigenvalue weighted by Gasteiger charge is 2.23. The SMILES string of the molecule is Cc1nn(C)c(CC(C)C(C)CNC2CC2)c1Cl. The number of hydrogen-bond acceptors (Lipinski definition) is 2. The second-order valence-corrected chi connectivity index (χ2v) is 6.19. The Balaban J connectivity index is 1.90. The van der Waals surface area contributed by atoms with Gasteiger partial charge in [-0.1, -0.05) is 25.4 Å². The highest BCUT2D eigenvalue weighted by molar-refractivity contribution is 6.31. The standard InChI is InChI=1S/C14H24ClN3/c1-9(10(2)8-16-12-5-6-12)7-13-14(15)11(3)17-18(13)4/h9-10,12,16H,5-8H2,1-4H3. The number of halogens is 1. The molecule has 1 aromatic heterocycles. The van der Waals surface area contributed by atoms with Crippen molar-refractivity contribution in [1.82, 2.24) is 15.1 Å². The number of nitrogens with zero attached hydrogens (tertiary/aromatic N) is 2. The van der Waals surface area contributed by atoms with Crippen molar-refractivity contribution in [3.63, 3.8) is 0 Å². The van der Waals surface area contributed by atoms with E-state index < -0.39 is 0 Å². The third-order valence-corrected chi connectivity index (χ3v) is 4.55. The number of aryl methyl sites for hydroxylation is 2. The van der Waals surface area contributed by atoms with Crippen LogP contribution in [0.2, 0.25) is 5.02 Å². The molecule has 4 heteroatoms. The van der Waals surface area contributed by atoms with Crippen LogP contribution in [0.5, 0.6) is 0 Å². The van der Waals surface area contributed by atoms with E-state index in [0.29, 0.717) is 11.8 Å². The fourth-order valence-corrected chi connectivity index (χ4v) is 2.49. The maximum atomic E-state index is 6.30. The average Bonchev–Trinajstić information content (AvgIpc) is 3.11. The molecule has 1 aliphatic carbocycles. The maximum Gasteiger partial charge on any atom is 0.0847 e. The van der Waals surface area contributed by atoms with E-state index in [0.717, 1.165) is 29.7 Å². The second kappa shape index (κ2) is 5.62. The van der Waals surface area contributed by atoms with Crippen LogP contribution in [0.15, 0.2) is 0 Å². The third-order valence-electron chi connectivity index (χ3n) is 4.05. The van der Waals surface area contributed by atoms with Gasteiger partial charge in [-0.2, -0.15) is 5.10 Å². The molecule has 1 heterocycles. The van der Waals surface area contributed by atoms with Gasteiger partial charge in [0.05, 0.1) is 16.4 Å². The molecule has 2 unspecified atom stereocenters. The van der Waals surface area contributed by atoms with E-state index in [1.54, 1.807) is 0 Å². The first-order chi connectivity index (χ1) is 8.49. The second-order valence-electron chi connectivity index (χ2n) is 5.81. The minimum absolute atomic E-state index is 0.614. The molecule has 3 nitrogen and oxygen atoms in total. The van der Waals surface area contributed by atoms with E-state index in [2.05, 4.69) is 24.3 Å². The lowest BCUT2D eigenvalue weighted by Gasteiger charge is -2.20. The van der Waals surface area contributed by atoms with Gasteiger partial charge in [0.2, 0.25) is 0 Å². The fourth-order valence-electron chi connectivity index (χ4n) is 2.25. The summed E-state index contributed by atoms with van der Waals surface area (Å²) in [6.45, 7) is 7.70. The van der Waals surface area contributed by atoms with Crippen LogP contribution >= 0.6 is 11.6 Å². The van der Waals surface area contributed by atoms with Gasteiger partial charge in [0.1, 0.15) is 0 Å². The van der Waals surface area contributed by atoms with E-state index in [4.69, 9.17) is 11.6 Å². The van der Waals surface area contributed by atoms with Crippen molar-refractivity contribution in [2.75, 3.05) is 6.54 Å². The van der Waals surface area contributed by atoms with Gasteiger partial charge in [-0.05, 0) is 44.6 Å². The Bertz CT molecular complexity index is 409. The monoisotopic (exact) mass is 269 g/mol. The Morgan fingerprint density at radius 3 is 2.56 bits per heavy atom. The minimum atomic E-state index is 0.614. The molecular formula is C14H24ClN3. The molecule has 18 heavy (non-hydrogen) atoms. The van der Waals surface area contributed by atoms with Gasteiger partial charge in [0.25, 0.3) is 0 Å². The zero-order valence-electron chi connectivity index (χ0n) is 11.8. The molecule has 1 fully saturated rings. The number of rotatable bonds is 6. The van der Waals surface area contributed by atoms with Crippen LogP contribution in [-0.4, -0.2) is 22.4 Å². The minimum Gasteiger partial charge on any atom is -0.314 e. The predicted octanol–water partition coefficient (Wildman–Crippen LogP) is 2.95. The van der Waals surface area contributed by atoms with Crippen LogP contribution in [0, 0.1) is 18.8 Å². The largest absolute Gasteiger partial charge is 0.314 e. The quantitative estimate of drug-likeness (QED) is 0.861. The molecule has 1 N–H and O–H groups in total. The Hall–Kier alpha value is -0.540. The van der Waals surface area contributed by atoms with Gasteiger partial charge < -0.3 is 5.32 Å². The first kappa shape index (κ1) is 13.9. The fraction of sp³-hybridized carbons (Fsp3) is 0.786. The summed E-state index contributed by atoms with van der Waals surface area (Å²) in [7, 11) is 1.98. The van der Waals surface area contributed by atoms with E-state index in [-0.39, 0.29) is 0 Å². The summed E-state index contributed by atoms with van der Waals surface area (Å²) in [5.41, 5.74) is 2.10. The first-order valence-corrected chi connectivity index (χ1v) is 7.28. The van der Waals surface area contributed by atoms with Crippen LogP contribution in [0.4, 0.5) is 0 Å². The lowest BCUT2D eigenvalue weighted by Crippen LogP contribution is -2.28. The number of hydrogen-bond donors (Lipinski definition) is 1. The number of nitrogens with one attached hydrogen (secondary N) is 1. The van der Waals surface area contributed by atoms with Gasteiger partial charge in [-0.3, -0.25) is 4.68 Å². The van der Waals surface area contributed by atoms with Gasteiger partial charge in [0, 0.05) is 13.1 Å². The van der Waals surface area contributed by atoms with Crippen molar-refractivity contribution in [2.24, 2.45) is 18.9 Å². The Morgan fingerprint density at radius 1 is 1.39 bits per heavy atom. The summed E-state index contributed by atoms with van der Waals surface area (Å²) in [5.74, 6) is 1.28. The summed E-state index contributed by atoms with van der Waals surface area (Å²) in [6.07, 6.45) is 3.71. The van der Waals surface area contributed by atoms with Gasteiger partial charge in [-0.15, -0.1) is 0 Å². The van der Waals surface area contributed by atoms with E-state index >= 15 is 0 Å². The molecule has 102 valence electrons. The zero-order valence-corrected chi connectivity index (χ0v) is 12.6. The normalized spacial score (nSPS) is 18.9. The average molecular weight is 270 g/mol. The summed E-state index contributed by atoms with van der Waals surface area (Å²) in [4.78, 5) is 0. The van der Waals surface area contributed by atoms with Gasteiger partial charge >= 0.3 is 0 Å². The Labute approximate surface area is 115 Å². The summed E-state index contributed by atoms with van der Waals surface area (Å²) < 4.78 is 1.93. The zero-order chi connectivity index (χ0) is 13.3. The molecular weight excluding hydrogens is 246 g/mol. The third kappa shape index (κ3) is 3.27. The smallest absolute Gasteiger partial charge is 0.0847 e. The molecule has 0 amide bonds. The van der Waals surface area contributed by atoms with E-state index in [1.165, 1.54) is 18.5 Å². The maximum absolute atomic E-state index is 6.30. The van der Waals surface area contributed by atoms with Crippen LogP contribution in [0.3, 0.4) is 0 Å². The molecule has 0 bridgehead atoms. The molecule has 0 saturated heterocycles. The van der Waals surface area contributed by atoms with Crippen molar-refractivity contribution >= 4 is 11.6 Å². The van der Waals surface area contributed by atoms with Crippen molar-refractivity contribution in [3.05, 3.63) is 16.4 Å². The lowest BCUT2D eigenvalue weighted by atomic mass is 9.91. The molecule has 0 aliphatic heterocycles. The summed E-state index contributed by atoms with van der Waals surface area (Å²) in [5, 5.41) is 8.82. The van der Waals surface area contributed by atoms with E-state index in [1.807, 2.05) is 18.7 Å². The topological polar surface area (TPSA) is 29.9 Å². The van der Waals surface area contributed by atoms with Gasteiger partial charge in [0.15, 0.2) is 0 Å².